The van der Waals surface area contributed by atoms with Crippen LogP contribution in [-0.2, 0) is 14.3 Å². The molecule has 0 rings (SSSR count). The van der Waals surface area contributed by atoms with Gasteiger partial charge in [0.1, 0.15) is 0 Å². The Labute approximate surface area is 88.0 Å². The van der Waals surface area contributed by atoms with Gasteiger partial charge >= 0.3 is 11.9 Å². The smallest absolute Gasteiger partial charge is 0.312 e. The molecule has 82 valence electrons. The Morgan fingerprint density at radius 2 is 2.00 bits per heavy atom. The highest BCUT2D eigenvalue weighted by atomic mass is 32.2. The largest absolute Gasteiger partial charge is 0.481 e. The molecule has 0 aromatic carbocycles. The molecule has 14 heavy (non-hydrogen) atoms. The Bertz CT molecular complexity index is 213. The van der Waals surface area contributed by atoms with E-state index in [9.17, 15) is 9.59 Å². The Kier molecular flexibility index (Phi) is 5.60. The molecule has 0 aliphatic heterocycles. The quantitative estimate of drug-likeness (QED) is 0.541. The van der Waals surface area contributed by atoms with Gasteiger partial charge in [-0.05, 0) is 13.8 Å². The number of rotatable bonds is 6. The van der Waals surface area contributed by atoms with Crippen molar-refractivity contribution in [1.82, 2.24) is 0 Å². The third kappa shape index (κ3) is 5.11. The van der Waals surface area contributed by atoms with Crippen LogP contribution in [0.25, 0.3) is 0 Å². The first-order valence-electron chi connectivity index (χ1n) is 4.28. The molecule has 0 saturated heterocycles. The molecule has 0 amide bonds. The number of ether oxygens (including phenoxy) is 1. The van der Waals surface area contributed by atoms with Crippen molar-refractivity contribution in [1.29, 1.82) is 0 Å². The predicted octanol–water partition coefficient (Wildman–Crippen LogP) is 1.39. The van der Waals surface area contributed by atoms with E-state index in [0.29, 0.717) is 11.5 Å². The zero-order chi connectivity index (χ0) is 11.2. The molecule has 0 fully saturated rings. The summed E-state index contributed by atoms with van der Waals surface area (Å²) in [5.41, 5.74) is -0.544. The van der Waals surface area contributed by atoms with Gasteiger partial charge in [-0.3, -0.25) is 9.59 Å². The molecule has 0 aliphatic rings. The summed E-state index contributed by atoms with van der Waals surface area (Å²) in [6.45, 7) is 3.57. The highest BCUT2D eigenvalue weighted by Crippen LogP contribution is 2.23. The molecule has 0 bridgehead atoms. The number of hydrogen-bond acceptors (Lipinski definition) is 4. The molecule has 0 heterocycles. The van der Waals surface area contributed by atoms with Gasteiger partial charge < -0.3 is 9.84 Å². The lowest BCUT2D eigenvalue weighted by molar-refractivity contribution is -0.149. The maximum atomic E-state index is 11.2. The SMILES string of the molecule is COC(=O)C(C)(C)CSCCC(=O)O. The summed E-state index contributed by atoms with van der Waals surface area (Å²) < 4.78 is 4.62. The average Bonchev–Trinajstić information content (AvgIpc) is 2.10. The lowest BCUT2D eigenvalue weighted by Crippen LogP contribution is -2.28. The van der Waals surface area contributed by atoms with Gasteiger partial charge in [-0.1, -0.05) is 0 Å². The molecule has 5 heteroatoms. The highest BCUT2D eigenvalue weighted by Gasteiger charge is 2.28. The summed E-state index contributed by atoms with van der Waals surface area (Å²) in [4.78, 5) is 21.4. The lowest BCUT2D eigenvalue weighted by Gasteiger charge is -2.20. The molecule has 0 aliphatic carbocycles. The fourth-order valence-electron chi connectivity index (χ4n) is 0.822. The van der Waals surface area contributed by atoms with E-state index >= 15 is 0 Å². The molecule has 0 saturated carbocycles. The van der Waals surface area contributed by atoms with Crippen molar-refractivity contribution in [2.24, 2.45) is 5.41 Å². The van der Waals surface area contributed by atoms with Crippen LogP contribution in [0.1, 0.15) is 20.3 Å². The van der Waals surface area contributed by atoms with Crippen LogP contribution in [-0.4, -0.2) is 35.7 Å². The lowest BCUT2D eigenvalue weighted by atomic mass is 9.97. The Morgan fingerprint density at radius 1 is 1.43 bits per heavy atom. The molecule has 0 radical (unpaired) electrons. The molecule has 0 unspecified atom stereocenters. The van der Waals surface area contributed by atoms with Crippen LogP contribution in [0.15, 0.2) is 0 Å². The molecule has 1 N–H and O–H groups in total. The zero-order valence-electron chi connectivity index (χ0n) is 8.70. The first-order chi connectivity index (χ1) is 6.40. The predicted molar refractivity (Wildman–Crippen MR) is 55.4 cm³/mol. The van der Waals surface area contributed by atoms with E-state index in [0.717, 1.165) is 0 Å². The van der Waals surface area contributed by atoms with Crippen LogP contribution in [0.4, 0.5) is 0 Å². The Morgan fingerprint density at radius 3 is 2.43 bits per heavy atom. The van der Waals surface area contributed by atoms with Crippen LogP contribution >= 0.6 is 11.8 Å². The number of carbonyl (C=O) groups is 2. The summed E-state index contributed by atoms with van der Waals surface area (Å²) >= 11 is 1.45. The Hall–Kier alpha value is -0.710. The number of aliphatic carboxylic acids is 1. The third-order valence-corrected chi connectivity index (χ3v) is 3.08. The summed E-state index contributed by atoms with van der Waals surface area (Å²) in [5, 5.41) is 8.39. The van der Waals surface area contributed by atoms with Gasteiger partial charge in [0.2, 0.25) is 0 Å². The number of carboxylic acids is 1. The molecule has 4 nitrogen and oxygen atoms in total. The summed E-state index contributed by atoms with van der Waals surface area (Å²) in [6.07, 6.45) is 0.127. The first-order valence-corrected chi connectivity index (χ1v) is 5.43. The molecule has 0 spiro atoms. The van der Waals surface area contributed by atoms with Gasteiger partial charge in [-0.15, -0.1) is 0 Å². The van der Waals surface area contributed by atoms with Gasteiger partial charge in [0.15, 0.2) is 0 Å². The monoisotopic (exact) mass is 220 g/mol. The minimum Gasteiger partial charge on any atom is -0.481 e. The first kappa shape index (κ1) is 13.3. The van der Waals surface area contributed by atoms with Crippen LogP contribution in [0.5, 0.6) is 0 Å². The normalized spacial score (nSPS) is 11.1. The number of thioether (sulfide) groups is 1. The van der Waals surface area contributed by atoms with E-state index in [2.05, 4.69) is 4.74 Å². The fraction of sp³-hybridized carbons (Fsp3) is 0.778. The third-order valence-electron chi connectivity index (χ3n) is 1.66. The minimum atomic E-state index is -0.812. The number of esters is 1. The van der Waals surface area contributed by atoms with Gasteiger partial charge in [0.05, 0.1) is 18.9 Å². The summed E-state index contributed by atoms with van der Waals surface area (Å²) in [6, 6.07) is 0. The topological polar surface area (TPSA) is 63.6 Å². The summed E-state index contributed by atoms with van der Waals surface area (Å²) in [5.74, 6) is 0.0246. The average molecular weight is 220 g/mol. The minimum absolute atomic E-state index is 0.127. The number of carboxylic acid groups (broad SMARTS) is 1. The maximum absolute atomic E-state index is 11.2. The van der Waals surface area contributed by atoms with E-state index in [1.807, 2.05) is 0 Å². The van der Waals surface area contributed by atoms with E-state index in [1.54, 1.807) is 13.8 Å². The van der Waals surface area contributed by atoms with Crippen LogP contribution in [0, 0.1) is 5.41 Å². The molecule has 0 aromatic rings. The molecule has 0 aromatic heterocycles. The van der Waals surface area contributed by atoms with E-state index in [4.69, 9.17) is 5.11 Å². The van der Waals surface area contributed by atoms with Gasteiger partial charge in [-0.25, -0.2) is 0 Å². The summed E-state index contributed by atoms with van der Waals surface area (Å²) in [7, 11) is 1.35. The standard InChI is InChI=1S/C9H16O4S/c1-9(2,8(12)13-3)6-14-5-4-7(10)11/h4-6H2,1-3H3,(H,10,11). The van der Waals surface area contributed by atoms with Crippen molar-refractivity contribution in [2.45, 2.75) is 20.3 Å². The van der Waals surface area contributed by atoms with Crippen molar-refractivity contribution in [3.05, 3.63) is 0 Å². The van der Waals surface area contributed by atoms with E-state index in [-0.39, 0.29) is 12.4 Å². The number of hydrogen-bond donors (Lipinski definition) is 1. The maximum Gasteiger partial charge on any atom is 0.312 e. The zero-order valence-corrected chi connectivity index (χ0v) is 9.52. The van der Waals surface area contributed by atoms with E-state index < -0.39 is 11.4 Å². The van der Waals surface area contributed by atoms with Crippen molar-refractivity contribution >= 4 is 23.7 Å². The Balaban J connectivity index is 3.76. The van der Waals surface area contributed by atoms with Crippen molar-refractivity contribution in [2.75, 3.05) is 18.6 Å². The van der Waals surface area contributed by atoms with Gasteiger partial charge in [0.25, 0.3) is 0 Å². The van der Waals surface area contributed by atoms with Gasteiger partial charge in [0, 0.05) is 11.5 Å². The molecular weight excluding hydrogens is 204 g/mol. The van der Waals surface area contributed by atoms with Crippen molar-refractivity contribution < 1.29 is 19.4 Å². The van der Waals surface area contributed by atoms with Gasteiger partial charge in [-0.2, -0.15) is 11.8 Å². The van der Waals surface area contributed by atoms with Crippen LogP contribution in [0.3, 0.4) is 0 Å². The van der Waals surface area contributed by atoms with Crippen molar-refractivity contribution in [3.63, 3.8) is 0 Å². The highest BCUT2D eigenvalue weighted by molar-refractivity contribution is 7.99. The number of carbonyl (C=O) groups excluding carboxylic acids is 1. The fourth-order valence-corrected chi connectivity index (χ4v) is 1.91. The second-order valence-corrected chi connectivity index (χ2v) is 4.68. The van der Waals surface area contributed by atoms with E-state index in [1.165, 1.54) is 18.9 Å². The number of methoxy groups -OCH3 is 1. The second-order valence-electron chi connectivity index (χ2n) is 3.57. The van der Waals surface area contributed by atoms with Crippen molar-refractivity contribution in [3.8, 4) is 0 Å². The van der Waals surface area contributed by atoms with Crippen LogP contribution in [0.2, 0.25) is 0 Å². The second kappa shape index (κ2) is 5.90. The van der Waals surface area contributed by atoms with Crippen LogP contribution < -0.4 is 0 Å². The molecule has 0 atom stereocenters. The molecular formula is C9H16O4S.